The van der Waals surface area contributed by atoms with E-state index in [1.165, 1.54) is 47.7 Å². The molecule has 0 radical (unpaired) electrons. The van der Waals surface area contributed by atoms with Gasteiger partial charge >= 0.3 is 5.82 Å². The Balaban J connectivity index is 1.64. The average molecular weight is 577 g/mol. The van der Waals surface area contributed by atoms with Crippen LogP contribution in [-0.2, 0) is 0 Å². The molecule has 3 aromatic heterocycles. The molecule has 0 saturated heterocycles. The molecule has 0 aliphatic carbocycles. The molecule has 0 saturated carbocycles. The number of carbonyl (C=O) groups excluding carboxylic acids is 1. The summed E-state index contributed by atoms with van der Waals surface area (Å²) >= 11 is 1.47. The minimum Gasteiger partial charge on any atom is -0.494 e. The van der Waals surface area contributed by atoms with E-state index in [4.69, 9.17) is 4.98 Å². The van der Waals surface area contributed by atoms with Crippen LogP contribution in [-0.4, -0.2) is 20.4 Å². The predicted molar refractivity (Wildman–Crippen MR) is 161 cm³/mol. The smallest absolute Gasteiger partial charge is 0.339 e. The Hall–Kier alpha value is -4.95. The molecule has 0 aliphatic rings. The number of aromatic hydroxyl groups is 1. The molecule has 0 aliphatic heterocycles. The second kappa shape index (κ2) is 9.85. The second-order valence-electron chi connectivity index (χ2n) is 10.5. The lowest BCUT2D eigenvalue weighted by Crippen LogP contribution is -2.25. The normalized spacial score (nSPS) is 11.7. The molecular weight excluding hydrogens is 552 g/mol. The van der Waals surface area contributed by atoms with E-state index in [2.05, 4.69) is 13.8 Å². The number of thiazole rings is 1. The van der Waals surface area contributed by atoms with Crippen LogP contribution in [0.25, 0.3) is 43.2 Å². The van der Waals surface area contributed by atoms with Gasteiger partial charge < -0.3 is 5.11 Å². The minimum atomic E-state index is -0.462. The highest BCUT2D eigenvalue weighted by Gasteiger charge is 2.34. The number of benzene rings is 4. The van der Waals surface area contributed by atoms with Crippen molar-refractivity contribution >= 4 is 43.2 Å². The topological polar surface area (TPSA) is 59.2 Å². The van der Waals surface area contributed by atoms with Crippen molar-refractivity contribution in [3.05, 3.63) is 125 Å². The van der Waals surface area contributed by atoms with Crippen LogP contribution in [0, 0.1) is 11.6 Å². The molecule has 42 heavy (non-hydrogen) atoms. The van der Waals surface area contributed by atoms with Gasteiger partial charge in [0.05, 0.1) is 16.0 Å². The van der Waals surface area contributed by atoms with Crippen LogP contribution in [0.3, 0.4) is 0 Å². The molecule has 8 heteroatoms. The summed E-state index contributed by atoms with van der Waals surface area (Å²) in [5, 5.41) is 12.3. The predicted octanol–water partition coefficient (Wildman–Crippen LogP) is 7.98. The summed E-state index contributed by atoms with van der Waals surface area (Å²) < 4.78 is 32.2. The third-order valence-electron chi connectivity index (χ3n) is 7.53. The van der Waals surface area contributed by atoms with Gasteiger partial charge in [-0.25, -0.2) is 13.3 Å². The molecule has 1 N–H and O–H groups in total. The van der Waals surface area contributed by atoms with Crippen LogP contribution in [0.2, 0.25) is 0 Å². The highest BCUT2D eigenvalue weighted by Crippen LogP contribution is 2.40. The zero-order valence-corrected chi connectivity index (χ0v) is 23.5. The van der Waals surface area contributed by atoms with E-state index in [0.717, 1.165) is 15.8 Å². The summed E-state index contributed by atoms with van der Waals surface area (Å²) in [6, 6.07) is 26.9. The van der Waals surface area contributed by atoms with Crippen molar-refractivity contribution in [2.45, 2.75) is 19.8 Å². The maximum absolute atomic E-state index is 14.1. The molecule has 7 aromatic rings. The molecule has 3 heterocycles. The Bertz CT molecular complexity index is 2150. The molecule has 0 amide bonds. The first-order valence-electron chi connectivity index (χ1n) is 13.5. The molecule has 0 atom stereocenters. The van der Waals surface area contributed by atoms with Crippen molar-refractivity contribution in [1.82, 2.24) is 9.55 Å². The maximum Gasteiger partial charge on any atom is 0.339 e. The Morgan fingerprint density at radius 1 is 0.881 bits per heavy atom. The molecule has 0 unspecified atom stereocenters. The largest absolute Gasteiger partial charge is 0.494 e. The maximum atomic E-state index is 14.1. The van der Waals surface area contributed by atoms with Crippen molar-refractivity contribution in [3.63, 3.8) is 0 Å². The van der Waals surface area contributed by atoms with Crippen LogP contribution in [0.1, 0.15) is 41.3 Å². The lowest BCUT2D eigenvalue weighted by Gasteiger charge is -2.09. The number of halogens is 2. The van der Waals surface area contributed by atoms with E-state index >= 15 is 0 Å². The highest BCUT2D eigenvalue weighted by atomic mass is 32.1. The highest BCUT2D eigenvalue weighted by molar-refractivity contribution is 7.24. The van der Waals surface area contributed by atoms with E-state index in [-0.39, 0.29) is 22.8 Å². The Labute approximate surface area is 243 Å². The quantitative estimate of drug-likeness (QED) is 0.167. The van der Waals surface area contributed by atoms with Gasteiger partial charge in [-0.1, -0.05) is 49.4 Å². The number of para-hydroxylation sites is 1. The van der Waals surface area contributed by atoms with Crippen molar-refractivity contribution in [2.24, 2.45) is 0 Å². The van der Waals surface area contributed by atoms with Crippen LogP contribution >= 0.6 is 11.3 Å². The SMILES string of the molecule is CC(C)c1ccc(-n2c(O)c(C(=O)c3ccc(F)cc3)c3c2nc(-c2ccc(F)cc2)[n+]2c4ccccc4sc32)cc1. The first-order valence-corrected chi connectivity index (χ1v) is 14.3. The third kappa shape index (κ3) is 4.06. The van der Waals surface area contributed by atoms with Crippen molar-refractivity contribution in [2.75, 3.05) is 0 Å². The summed E-state index contributed by atoms with van der Waals surface area (Å²) in [4.78, 5) is 19.8. The zero-order valence-electron chi connectivity index (χ0n) is 22.7. The van der Waals surface area contributed by atoms with Crippen LogP contribution in [0.5, 0.6) is 5.88 Å². The third-order valence-corrected chi connectivity index (χ3v) is 8.67. The van der Waals surface area contributed by atoms with Gasteiger partial charge in [0.2, 0.25) is 10.7 Å². The van der Waals surface area contributed by atoms with Gasteiger partial charge in [0, 0.05) is 5.56 Å². The van der Waals surface area contributed by atoms with Crippen molar-refractivity contribution in [1.29, 1.82) is 0 Å². The molecule has 0 fully saturated rings. The van der Waals surface area contributed by atoms with Crippen LogP contribution in [0.15, 0.2) is 97.1 Å². The minimum absolute atomic E-state index is 0.0757. The fraction of sp³-hybridized carbons (Fsp3) is 0.0882. The standard InChI is InChI=1S/C34H23F2N3O2S/c1-19(2)20-11-17-25(18-12-20)38-32-29(28(33(38)41)30(40)21-7-13-23(35)14-8-21)34-39(26-5-3-4-6-27(26)42-34)31(37-32)22-9-15-24(36)16-10-22/h3-19H,1-2H3/p+1. The fourth-order valence-electron chi connectivity index (χ4n) is 5.37. The number of rotatable bonds is 5. The molecule has 0 bridgehead atoms. The molecule has 0 spiro atoms. The first kappa shape index (κ1) is 26.0. The van der Waals surface area contributed by atoms with Gasteiger partial charge in [-0.15, -0.1) is 0 Å². The Morgan fingerprint density at radius 3 is 2.19 bits per heavy atom. The van der Waals surface area contributed by atoms with E-state index < -0.39 is 11.6 Å². The number of ketones is 1. The zero-order chi connectivity index (χ0) is 29.1. The number of carbonyl (C=O) groups is 1. The fourth-order valence-corrected chi connectivity index (χ4v) is 6.56. The van der Waals surface area contributed by atoms with Gasteiger partial charge in [0.25, 0.3) is 5.65 Å². The molecular formula is C34H24F2N3O2S+. The Kier molecular flexibility index (Phi) is 6.09. The summed E-state index contributed by atoms with van der Waals surface area (Å²) in [7, 11) is 0. The average Bonchev–Trinajstić information content (AvgIpc) is 3.52. The van der Waals surface area contributed by atoms with E-state index in [1.54, 1.807) is 16.7 Å². The van der Waals surface area contributed by atoms with E-state index in [1.807, 2.05) is 52.9 Å². The molecule has 206 valence electrons. The Morgan fingerprint density at radius 2 is 1.52 bits per heavy atom. The summed E-state index contributed by atoms with van der Waals surface area (Å²) in [5.41, 5.74) is 3.98. The lowest BCUT2D eigenvalue weighted by molar-refractivity contribution is -0.467. The molecule has 5 nitrogen and oxygen atoms in total. The van der Waals surface area contributed by atoms with Crippen LogP contribution < -0.4 is 4.40 Å². The van der Waals surface area contributed by atoms with E-state index in [0.29, 0.717) is 38.9 Å². The summed E-state index contributed by atoms with van der Waals surface area (Å²) in [6.07, 6.45) is 0. The first-order chi connectivity index (χ1) is 20.3. The lowest BCUT2D eigenvalue weighted by atomic mass is 10.0. The van der Waals surface area contributed by atoms with Gasteiger partial charge in [0.1, 0.15) is 22.6 Å². The number of fused-ring (bicyclic) bond motifs is 5. The second-order valence-corrected chi connectivity index (χ2v) is 11.5. The number of hydrogen-bond acceptors (Lipinski definition) is 4. The van der Waals surface area contributed by atoms with Gasteiger partial charge in [-0.05, 0) is 89.3 Å². The van der Waals surface area contributed by atoms with Crippen molar-refractivity contribution in [3.8, 4) is 23.0 Å². The number of nitrogens with zero attached hydrogens (tertiary/aromatic N) is 3. The van der Waals surface area contributed by atoms with E-state index in [9.17, 15) is 18.7 Å². The van der Waals surface area contributed by atoms with Gasteiger partial charge in [-0.2, -0.15) is 4.40 Å². The molecule has 7 rings (SSSR count). The van der Waals surface area contributed by atoms with Crippen molar-refractivity contribution < 1.29 is 23.1 Å². The number of hydrogen-bond donors (Lipinski definition) is 1. The number of aromatic nitrogens is 3. The van der Waals surface area contributed by atoms with Gasteiger partial charge in [0.15, 0.2) is 11.3 Å². The molecule has 4 aromatic carbocycles. The summed E-state index contributed by atoms with van der Waals surface area (Å²) in [5.74, 6) is -0.701. The monoisotopic (exact) mass is 576 g/mol. The van der Waals surface area contributed by atoms with Crippen LogP contribution in [0.4, 0.5) is 8.78 Å². The summed E-state index contributed by atoms with van der Waals surface area (Å²) in [6.45, 7) is 4.20. The van der Waals surface area contributed by atoms with Gasteiger partial charge in [-0.3, -0.25) is 4.79 Å².